The molecule has 3 nitrogen and oxygen atoms in total. The molecule has 1 heterocycles. The van der Waals surface area contributed by atoms with Crippen LogP contribution in [0.25, 0.3) is 0 Å². The molecule has 0 spiro atoms. The van der Waals surface area contributed by atoms with Crippen molar-refractivity contribution in [2.24, 2.45) is 0 Å². The first-order chi connectivity index (χ1) is 9.02. The highest BCUT2D eigenvalue weighted by Crippen LogP contribution is 2.45. The third-order valence-electron chi connectivity index (χ3n) is 4.28. The van der Waals surface area contributed by atoms with E-state index in [1.54, 1.807) is 0 Å². The van der Waals surface area contributed by atoms with Crippen molar-refractivity contribution in [1.29, 1.82) is 0 Å². The molecule has 2 rings (SSSR count). The monoisotopic (exact) mass is 261 g/mol. The van der Waals surface area contributed by atoms with E-state index < -0.39 is 0 Å². The van der Waals surface area contributed by atoms with Gasteiger partial charge in [-0.25, -0.2) is 0 Å². The summed E-state index contributed by atoms with van der Waals surface area (Å²) in [6.45, 7) is 9.35. The molecule has 1 atom stereocenters. The zero-order chi connectivity index (χ0) is 14.0. The van der Waals surface area contributed by atoms with Crippen LogP contribution in [0.4, 0.5) is 5.69 Å². The SMILES string of the molecule is CCCCOc1ccc2c(c1)C(C)(C)C(C)N2C=O. The molecule has 1 aliphatic rings. The molecule has 0 saturated carbocycles. The lowest BCUT2D eigenvalue weighted by Gasteiger charge is -2.27. The van der Waals surface area contributed by atoms with Crippen LogP contribution in [-0.4, -0.2) is 19.1 Å². The second-order valence-corrected chi connectivity index (χ2v) is 5.79. The van der Waals surface area contributed by atoms with Crippen molar-refractivity contribution >= 4 is 12.1 Å². The number of anilines is 1. The van der Waals surface area contributed by atoms with Crippen molar-refractivity contribution < 1.29 is 9.53 Å². The average Bonchev–Trinajstić information content (AvgIpc) is 2.58. The zero-order valence-corrected chi connectivity index (χ0v) is 12.3. The van der Waals surface area contributed by atoms with Crippen LogP contribution in [0.1, 0.15) is 46.1 Å². The van der Waals surface area contributed by atoms with Crippen LogP contribution in [-0.2, 0) is 10.2 Å². The lowest BCUT2D eigenvalue weighted by atomic mass is 9.81. The van der Waals surface area contributed by atoms with Gasteiger partial charge in [0.05, 0.1) is 6.61 Å². The lowest BCUT2D eigenvalue weighted by molar-refractivity contribution is -0.107. The number of unbranched alkanes of at least 4 members (excludes halogenated alkanes) is 1. The first kappa shape index (κ1) is 13.9. The molecule has 0 aromatic heterocycles. The zero-order valence-electron chi connectivity index (χ0n) is 12.3. The smallest absolute Gasteiger partial charge is 0.214 e. The van der Waals surface area contributed by atoms with Crippen LogP contribution in [0, 0.1) is 0 Å². The van der Waals surface area contributed by atoms with E-state index >= 15 is 0 Å². The Bertz CT molecular complexity index is 468. The van der Waals surface area contributed by atoms with Gasteiger partial charge in [-0.3, -0.25) is 4.79 Å². The standard InChI is InChI=1S/C16H23NO2/c1-5-6-9-19-13-7-8-15-14(10-13)16(3,4)12(2)17(15)11-18/h7-8,10-12H,5-6,9H2,1-4H3. The molecule has 0 radical (unpaired) electrons. The molecule has 1 aromatic rings. The van der Waals surface area contributed by atoms with Crippen molar-refractivity contribution in [3.63, 3.8) is 0 Å². The highest BCUT2D eigenvalue weighted by Gasteiger charge is 2.42. The van der Waals surface area contributed by atoms with Crippen LogP contribution in [0.5, 0.6) is 5.75 Å². The number of nitrogens with zero attached hydrogens (tertiary/aromatic N) is 1. The Labute approximate surface area is 115 Å². The van der Waals surface area contributed by atoms with Crippen molar-refractivity contribution in [3.8, 4) is 5.75 Å². The Hall–Kier alpha value is -1.51. The van der Waals surface area contributed by atoms with Crippen molar-refractivity contribution in [2.45, 2.75) is 52.0 Å². The van der Waals surface area contributed by atoms with Gasteiger partial charge in [0, 0.05) is 17.1 Å². The maximum absolute atomic E-state index is 11.3. The number of hydrogen-bond donors (Lipinski definition) is 0. The minimum absolute atomic E-state index is 0.0413. The summed E-state index contributed by atoms with van der Waals surface area (Å²) in [7, 11) is 0. The van der Waals surface area contributed by atoms with E-state index in [4.69, 9.17) is 4.74 Å². The van der Waals surface area contributed by atoms with Gasteiger partial charge in [0.15, 0.2) is 0 Å². The number of hydrogen-bond acceptors (Lipinski definition) is 2. The summed E-state index contributed by atoms with van der Waals surface area (Å²) in [5, 5.41) is 0. The average molecular weight is 261 g/mol. The van der Waals surface area contributed by atoms with Gasteiger partial charge in [-0.1, -0.05) is 27.2 Å². The summed E-state index contributed by atoms with van der Waals surface area (Å²) < 4.78 is 5.76. The summed E-state index contributed by atoms with van der Waals surface area (Å²) in [4.78, 5) is 13.1. The Morgan fingerprint density at radius 2 is 2.16 bits per heavy atom. The summed E-state index contributed by atoms with van der Waals surface area (Å²) in [6, 6.07) is 6.21. The molecular weight excluding hydrogens is 238 g/mol. The van der Waals surface area contributed by atoms with E-state index in [1.807, 2.05) is 17.0 Å². The predicted octanol–water partition coefficient (Wildman–Crippen LogP) is 3.51. The number of carbonyl (C=O) groups is 1. The Morgan fingerprint density at radius 3 is 2.79 bits per heavy atom. The summed E-state index contributed by atoms with van der Waals surface area (Å²) in [5.74, 6) is 0.903. The molecule has 1 aliphatic heterocycles. The first-order valence-electron chi connectivity index (χ1n) is 7.03. The minimum atomic E-state index is -0.0413. The number of amides is 1. The molecule has 1 amide bonds. The first-order valence-corrected chi connectivity index (χ1v) is 7.03. The normalized spacial score (nSPS) is 20.2. The molecule has 0 bridgehead atoms. The van der Waals surface area contributed by atoms with Gasteiger partial charge in [-0.05, 0) is 37.1 Å². The van der Waals surface area contributed by atoms with Gasteiger partial charge in [-0.15, -0.1) is 0 Å². The molecule has 0 fully saturated rings. The maximum atomic E-state index is 11.3. The van der Waals surface area contributed by atoms with Crippen molar-refractivity contribution in [2.75, 3.05) is 11.5 Å². The van der Waals surface area contributed by atoms with Crippen LogP contribution in [0.15, 0.2) is 18.2 Å². The number of benzene rings is 1. The third-order valence-corrected chi connectivity index (χ3v) is 4.28. The molecule has 1 unspecified atom stereocenters. The third kappa shape index (κ3) is 2.34. The van der Waals surface area contributed by atoms with Gasteiger partial charge in [0.25, 0.3) is 0 Å². The summed E-state index contributed by atoms with van der Waals surface area (Å²) in [5.41, 5.74) is 2.16. The highest BCUT2D eigenvalue weighted by molar-refractivity contribution is 5.83. The molecule has 1 aromatic carbocycles. The van der Waals surface area contributed by atoms with Gasteiger partial charge in [0.2, 0.25) is 6.41 Å². The second-order valence-electron chi connectivity index (χ2n) is 5.79. The van der Waals surface area contributed by atoms with Crippen LogP contribution in [0.3, 0.4) is 0 Å². The molecule has 19 heavy (non-hydrogen) atoms. The Morgan fingerprint density at radius 1 is 1.42 bits per heavy atom. The number of ether oxygens (including phenoxy) is 1. The molecular formula is C16H23NO2. The van der Waals surface area contributed by atoms with E-state index in [-0.39, 0.29) is 11.5 Å². The van der Waals surface area contributed by atoms with Gasteiger partial charge in [0.1, 0.15) is 5.75 Å². The van der Waals surface area contributed by atoms with E-state index in [0.717, 1.165) is 37.3 Å². The van der Waals surface area contributed by atoms with E-state index in [1.165, 1.54) is 5.56 Å². The van der Waals surface area contributed by atoms with Gasteiger partial charge in [-0.2, -0.15) is 0 Å². The molecule has 0 N–H and O–H groups in total. The topological polar surface area (TPSA) is 29.5 Å². The van der Waals surface area contributed by atoms with Crippen LogP contribution < -0.4 is 9.64 Å². The van der Waals surface area contributed by atoms with Crippen molar-refractivity contribution in [1.82, 2.24) is 0 Å². The number of carbonyl (C=O) groups excluding carboxylic acids is 1. The van der Waals surface area contributed by atoms with Gasteiger partial charge < -0.3 is 9.64 Å². The van der Waals surface area contributed by atoms with E-state index in [9.17, 15) is 4.79 Å². The predicted molar refractivity (Wildman–Crippen MR) is 77.9 cm³/mol. The molecule has 3 heteroatoms. The van der Waals surface area contributed by atoms with Crippen LogP contribution in [0.2, 0.25) is 0 Å². The van der Waals surface area contributed by atoms with Gasteiger partial charge >= 0.3 is 0 Å². The molecule has 104 valence electrons. The van der Waals surface area contributed by atoms with E-state index in [2.05, 4.69) is 33.8 Å². The minimum Gasteiger partial charge on any atom is -0.494 e. The second kappa shape index (κ2) is 5.24. The largest absolute Gasteiger partial charge is 0.494 e. The maximum Gasteiger partial charge on any atom is 0.214 e. The lowest BCUT2D eigenvalue weighted by Crippen LogP contribution is -2.37. The van der Waals surface area contributed by atoms with Crippen molar-refractivity contribution in [3.05, 3.63) is 23.8 Å². The number of rotatable bonds is 5. The van der Waals surface area contributed by atoms with E-state index in [0.29, 0.717) is 0 Å². The molecule has 0 saturated heterocycles. The fourth-order valence-electron chi connectivity index (χ4n) is 2.61. The molecule has 0 aliphatic carbocycles. The Kier molecular flexibility index (Phi) is 3.83. The number of fused-ring (bicyclic) bond motifs is 1. The fourth-order valence-corrected chi connectivity index (χ4v) is 2.61. The fraction of sp³-hybridized carbons (Fsp3) is 0.562. The van der Waals surface area contributed by atoms with Crippen LogP contribution >= 0.6 is 0 Å². The summed E-state index contributed by atoms with van der Waals surface area (Å²) >= 11 is 0. The quantitative estimate of drug-likeness (QED) is 0.599. The summed E-state index contributed by atoms with van der Waals surface area (Å²) in [6.07, 6.45) is 3.12. The highest BCUT2D eigenvalue weighted by atomic mass is 16.5. The Balaban J connectivity index is 2.30.